The van der Waals surface area contributed by atoms with Gasteiger partial charge in [0.05, 0.1) is 16.4 Å². The van der Waals surface area contributed by atoms with Crippen molar-refractivity contribution in [2.75, 3.05) is 5.32 Å². The van der Waals surface area contributed by atoms with Crippen LogP contribution in [-0.4, -0.2) is 4.99 Å². The average molecular weight is 342 g/mol. The Balaban J connectivity index is 2.30. The highest BCUT2D eigenvalue weighted by molar-refractivity contribution is 9.10. The fourth-order valence-corrected chi connectivity index (χ4v) is 2.22. The van der Waals surface area contributed by atoms with Crippen molar-refractivity contribution in [3.05, 3.63) is 57.5 Å². The van der Waals surface area contributed by atoms with E-state index in [1.54, 1.807) is 6.07 Å². The normalized spacial score (nSPS) is 10.1. The molecular weight excluding hydrogens is 332 g/mol. The first kappa shape index (κ1) is 13.3. The molecule has 0 amide bonds. The third-order valence-corrected chi connectivity index (χ3v) is 3.64. The molecule has 2 aromatic rings. The molecule has 0 fully saturated rings. The smallest absolute Gasteiger partial charge is 0.104 e. The minimum Gasteiger partial charge on any atom is -0.389 e. The number of para-hydroxylation sites is 1. The molecule has 3 N–H and O–H groups in total. The van der Waals surface area contributed by atoms with Gasteiger partial charge in [-0.2, -0.15) is 0 Å². The number of anilines is 2. The summed E-state index contributed by atoms with van der Waals surface area (Å²) in [6.45, 7) is 0. The predicted molar refractivity (Wildman–Crippen MR) is 84.8 cm³/mol. The molecule has 92 valence electrons. The van der Waals surface area contributed by atoms with Gasteiger partial charge in [-0.3, -0.25) is 0 Å². The Morgan fingerprint density at radius 1 is 1.17 bits per heavy atom. The molecule has 0 radical (unpaired) electrons. The van der Waals surface area contributed by atoms with Crippen molar-refractivity contribution in [3.63, 3.8) is 0 Å². The summed E-state index contributed by atoms with van der Waals surface area (Å²) in [5, 5.41) is 3.82. The lowest BCUT2D eigenvalue weighted by Gasteiger charge is -2.11. The number of rotatable bonds is 3. The molecule has 5 heteroatoms. The second-order valence-corrected chi connectivity index (χ2v) is 5.37. The SMILES string of the molecule is NC(=S)c1ccc(Nc2ccccc2Br)c(Cl)c1. The van der Waals surface area contributed by atoms with Gasteiger partial charge in [-0.15, -0.1) is 0 Å². The van der Waals surface area contributed by atoms with E-state index < -0.39 is 0 Å². The number of hydrogen-bond donors (Lipinski definition) is 2. The van der Waals surface area contributed by atoms with Crippen molar-refractivity contribution in [2.24, 2.45) is 5.73 Å². The fourth-order valence-electron chi connectivity index (χ4n) is 1.48. The van der Waals surface area contributed by atoms with E-state index in [9.17, 15) is 0 Å². The van der Waals surface area contributed by atoms with Gasteiger partial charge in [-0.05, 0) is 46.3 Å². The van der Waals surface area contributed by atoms with E-state index in [2.05, 4.69) is 21.2 Å². The zero-order valence-electron chi connectivity index (χ0n) is 9.28. The zero-order valence-corrected chi connectivity index (χ0v) is 12.4. The van der Waals surface area contributed by atoms with Gasteiger partial charge < -0.3 is 11.1 Å². The Hall–Kier alpha value is -1.10. The highest BCUT2D eigenvalue weighted by Gasteiger charge is 2.05. The van der Waals surface area contributed by atoms with Crippen LogP contribution in [0, 0.1) is 0 Å². The molecule has 2 aromatic carbocycles. The van der Waals surface area contributed by atoms with Crippen molar-refractivity contribution in [1.29, 1.82) is 0 Å². The van der Waals surface area contributed by atoms with Gasteiger partial charge >= 0.3 is 0 Å². The summed E-state index contributed by atoms with van der Waals surface area (Å²) in [6, 6.07) is 13.3. The first-order chi connectivity index (χ1) is 8.58. The van der Waals surface area contributed by atoms with Gasteiger partial charge in [0.25, 0.3) is 0 Å². The summed E-state index contributed by atoms with van der Waals surface area (Å²) in [5.74, 6) is 0. The van der Waals surface area contributed by atoms with Crippen molar-refractivity contribution < 1.29 is 0 Å². The molecule has 0 aliphatic rings. The Morgan fingerprint density at radius 2 is 1.89 bits per heavy atom. The van der Waals surface area contributed by atoms with E-state index in [-0.39, 0.29) is 0 Å². The van der Waals surface area contributed by atoms with E-state index in [1.165, 1.54) is 0 Å². The van der Waals surface area contributed by atoms with Crippen LogP contribution < -0.4 is 11.1 Å². The standard InChI is InChI=1S/C13H10BrClN2S/c14-9-3-1-2-4-11(9)17-12-6-5-8(13(16)18)7-10(12)15/h1-7,17H,(H2,16,18). The fraction of sp³-hybridized carbons (Fsp3) is 0. The van der Waals surface area contributed by atoms with Crippen LogP contribution in [0.1, 0.15) is 5.56 Å². The maximum absolute atomic E-state index is 6.18. The average Bonchev–Trinajstić information content (AvgIpc) is 2.34. The summed E-state index contributed by atoms with van der Waals surface area (Å²) in [7, 11) is 0. The van der Waals surface area contributed by atoms with Crippen LogP contribution in [0.4, 0.5) is 11.4 Å². The van der Waals surface area contributed by atoms with Crippen molar-refractivity contribution >= 4 is 56.1 Å². The van der Waals surface area contributed by atoms with Crippen LogP contribution in [0.25, 0.3) is 0 Å². The molecule has 0 spiro atoms. The van der Waals surface area contributed by atoms with Gasteiger partial charge in [0.15, 0.2) is 0 Å². The molecule has 0 atom stereocenters. The van der Waals surface area contributed by atoms with Crippen LogP contribution >= 0.6 is 39.7 Å². The molecular formula is C13H10BrClN2S. The Morgan fingerprint density at radius 3 is 2.50 bits per heavy atom. The molecule has 18 heavy (non-hydrogen) atoms. The maximum atomic E-state index is 6.18. The van der Waals surface area contributed by atoms with Gasteiger partial charge in [0.2, 0.25) is 0 Å². The Labute approximate surface area is 124 Å². The van der Waals surface area contributed by atoms with E-state index in [1.807, 2.05) is 36.4 Å². The van der Waals surface area contributed by atoms with Crippen LogP contribution in [0.5, 0.6) is 0 Å². The van der Waals surface area contributed by atoms with Crippen LogP contribution in [0.15, 0.2) is 46.9 Å². The lowest BCUT2D eigenvalue weighted by atomic mass is 10.2. The predicted octanol–water partition coefficient (Wildman–Crippen LogP) is 4.48. The first-order valence-corrected chi connectivity index (χ1v) is 6.77. The molecule has 0 aliphatic heterocycles. The van der Waals surface area contributed by atoms with Gasteiger partial charge in [-0.1, -0.05) is 36.0 Å². The largest absolute Gasteiger partial charge is 0.389 e. The lowest BCUT2D eigenvalue weighted by Crippen LogP contribution is -2.09. The molecule has 0 bridgehead atoms. The first-order valence-electron chi connectivity index (χ1n) is 5.19. The Bertz CT molecular complexity index is 601. The number of benzene rings is 2. The van der Waals surface area contributed by atoms with Gasteiger partial charge in [-0.25, -0.2) is 0 Å². The molecule has 2 nitrogen and oxygen atoms in total. The molecule has 0 heterocycles. The number of thiocarbonyl (C=S) groups is 1. The van der Waals surface area contributed by atoms with Crippen LogP contribution in [-0.2, 0) is 0 Å². The summed E-state index contributed by atoms with van der Waals surface area (Å²) < 4.78 is 0.972. The zero-order chi connectivity index (χ0) is 13.1. The van der Waals surface area contributed by atoms with E-state index in [0.29, 0.717) is 10.0 Å². The second kappa shape index (κ2) is 5.69. The molecule has 0 aromatic heterocycles. The maximum Gasteiger partial charge on any atom is 0.104 e. The van der Waals surface area contributed by atoms with Crippen molar-refractivity contribution in [2.45, 2.75) is 0 Å². The molecule has 0 aliphatic carbocycles. The minimum atomic E-state index is 0.337. The third-order valence-electron chi connectivity index (χ3n) is 2.40. The number of hydrogen-bond acceptors (Lipinski definition) is 2. The van der Waals surface area contributed by atoms with Crippen LogP contribution in [0.2, 0.25) is 5.02 Å². The summed E-state index contributed by atoms with van der Waals surface area (Å²) in [5.41, 5.74) is 8.07. The van der Waals surface area contributed by atoms with E-state index in [0.717, 1.165) is 21.4 Å². The summed E-state index contributed by atoms with van der Waals surface area (Å²) in [4.78, 5) is 0.337. The number of nitrogens with two attached hydrogens (primary N) is 1. The monoisotopic (exact) mass is 340 g/mol. The topological polar surface area (TPSA) is 38.0 Å². The van der Waals surface area contributed by atoms with Crippen LogP contribution in [0.3, 0.4) is 0 Å². The summed E-state index contributed by atoms with van der Waals surface area (Å²) >= 11 is 14.6. The molecule has 0 unspecified atom stereocenters. The molecule has 2 rings (SSSR count). The second-order valence-electron chi connectivity index (χ2n) is 3.66. The molecule has 0 saturated carbocycles. The highest BCUT2D eigenvalue weighted by atomic mass is 79.9. The Kier molecular flexibility index (Phi) is 4.22. The number of halogens is 2. The van der Waals surface area contributed by atoms with Gasteiger partial charge in [0.1, 0.15) is 4.99 Å². The van der Waals surface area contributed by atoms with E-state index >= 15 is 0 Å². The van der Waals surface area contributed by atoms with Gasteiger partial charge in [0, 0.05) is 10.0 Å². The molecule has 0 saturated heterocycles. The minimum absolute atomic E-state index is 0.337. The van der Waals surface area contributed by atoms with E-state index in [4.69, 9.17) is 29.6 Å². The lowest BCUT2D eigenvalue weighted by molar-refractivity contribution is 1.51. The van der Waals surface area contributed by atoms with Crippen molar-refractivity contribution in [3.8, 4) is 0 Å². The quantitative estimate of drug-likeness (QED) is 0.808. The third kappa shape index (κ3) is 3.02. The number of nitrogens with one attached hydrogen (secondary N) is 1. The van der Waals surface area contributed by atoms with Crippen molar-refractivity contribution in [1.82, 2.24) is 0 Å². The highest BCUT2D eigenvalue weighted by Crippen LogP contribution is 2.30. The summed E-state index contributed by atoms with van der Waals surface area (Å²) in [6.07, 6.45) is 0.